The molecule has 2 saturated carbocycles. The van der Waals surface area contributed by atoms with Crippen LogP contribution < -0.4 is 0 Å². The summed E-state index contributed by atoms with van der Waals surface area (Å²) >= 11 is 2.41. The molecule has 22 heavy (non-hydrogen) atoms. The molecule has 0 amide bonds. The first-order chi connectivity index (χ1) is 10.8. The van der Waals surface area contributed by atoms with Gasteiger partial charge in [0.15, 0.2) is 0 Å². The highest BCUT2D eigenvalue weighted by molar-refractivity contribution is 14.1. The summed E-state index contributed by atoms with van der Waals surface area (Å²) in [5.41, 5.74) is 1.59. The zero-order chi connectivity index (χ0) is 15.4. The quantitative estimate of drug-likeness (QED) is 0.462. The first kappa shape index (κ1) is 16.8. The second-order valence-corrected chi connectivity index (χ2v) is 8.98. The van der Waals surface area contributed by atoms with E-state index >= 15 is 0 Å². The second-order valence-electron chi connectivity index (χ2n) is 7.73. The molecular weight excluding hydrogens is 379 g/mol. The van der Waals surface area contributed by atoms with E-state index < -0.39 is 0 Å². The molecule has 1 aromatic rings. The summed E-state index contributed by atoms with van der Waals surface area (Å²) in [4.78, 5) is 0. The van der Waals surface area contributed by atoms with Crippen LogP contribution in [0.2, 0.25) is 0 Å². The average molecular weight is 410 g/mol. The highest BCUT2D eigenvalue weighted by Crippen LogP contribution is 2.44. The maximum absolute atomic E-state index is 2.41. The van der Waals surface area contributed by atoms with Crippen LogP contribution in [0.4, 0.5) is 0 Å². The molecule has 0 bridgehead atoms. The summed E-state index contributed by atoms with van der Waals surface area (Å²) < 4.78 is 1.36. The third kappa shape index (κ3) is 4.27. The van der Waals surface area contributed by atoms with Gasteiger partial charge >= 0.3 is 0 Å². The number of rotatable bonds is 4. The third-order valence-corrected chi connectivity index (χ3v) is 7.09. The highest BCUT2D eigenvalue weighted by Gasteiger charge is 2.30. The monoisotopic (exact) mass is 410 g/mol. The lowest BCUT2D eigenvalue weighted by Gasteiger charge is -2.38. The van der Waals surface area contributed by atoms with Crippen molar-refractivity contribution in [2.24, 2.45) is 17.8 Å². The van der Waals surface area contributed by atoms with Crippen LogP contribution in [-0.2, 0) is 0 Å². The van der Waals surface area contributed by atoms with Crippen molar-refractivity contribution < 1.29 is 0 Å². The minimum atomic E-state index is 0.838. The topological polar surface area (TPSA) is 0 Å². The predicted molar refractivity (Wildman–Crippen MR) is 104 cm³/mol. The fourth-order valence-corrected chi connectivity index (χ4v) is 5.38. The van der Waals surface area contributed by atoms with Gasteiger partial charge in [0.2, 0.25) is 0 Å². The Morgan fingerprint density at radius 2 is 1.36 bits per heavy atom. The van der Waals surface area contributed by atoms with Crippen molar-refractivity contribution in [3.8, 4) is 0 Å². The Morgan fingerprint density at radius 1 is 0.818 bits per heavy atom. The molecule has 2 fully saturated rings. The molecule has 0 heterocycles. The van der Waals surface area contributed by atoms with Crippen LogP contribution in [0.25, 0.3) is 0 Å². The fourth-order valence-electron chi connectivity index (χ4n) is 5.02. The van der Waals surface area contributed by atoms with Crippen LogP contribution >= 0.6 is 22.6 Å². The van der Waals surface area contributed by atoms with E-state index in [2.05, 4.69) is 53.8 Å². The van der Waals surface area contributed by atoms with Gasteiger partial charge in [-0.2, -0.15) is 0 Å². The highest BCUT2D eigenvalue weighted by atomic mass is 127. The predicted octanol–water partition coefficient (Wildman–Crippen LogP) is 7.17. The largest absolute Gasteiger partial charge is 0.0654 e. The van der Waals surface area contributed by atoms with E-state index in [0.717, 1.165) is 23.7 Å². The lowest BCUT2D eigenvalue weighted by atomic mass is 9.68. The minimum Gasteiger partial charge on any atom is -0.0654 e. The van der Waals surface area contributed by atoms with E-state index in [-0.39, 0.29) is 0 Å². The van der Waals surface area contributed by atoms with Crippen LogP contribution in [-0.4, -0.2) is 0 Å². The second kappa shape index (κ2) is 8.17. The van der Waals surface area contributed by atoms with E-state index in [1.165, 1.54) is 67.8 Å². The lowest BCUT2D eigenvalue weighted by Crippen LogP contribution is -2.25. The summed E-state index contributed by atoms with van der Waals surface area (Å²) in [7, 11) is 0. The number of hydrogen-bond acceptors (Lipinski definition) is 0. The van der Waals surface area contributed by atoms with Gasteiger partial charge in [-0.15, -0.1) is 0 Å². The van der Waals surface area contributed by atoms with Crippen LogP contribution in [0.1, 0.15) is 82.6 Å². The fraction of sp³-hybridized carbons (Fsp3) is 0.714. The number of benzene rings is 1. The molecule has 0 spiro atoms. The smallest absolute Gasteiger partial charge is 0.0130 e. The van der Waals surface area contributed by atoms with Gasteiger partial charge in [0, 0.05) is 3.57 Å². The van der Waals surface area contributed by atoms with Crippen LogP contribution in [0.15, 0.2) is 24.3 Å². The normalized spacial score (nSPS) is 32.8. The number of halogens is 1. The Kier molecular flexibility index (Phi) is 6.24. The maximum atomic E-state index is 2.41. The minimum absolute atomic E-state index is 0.838. The molecule has 0 aromatic heterocycles. The summed E-state index contributed by atoms with van der Waals surface area (Å²) in [6, 6.07) is 9.28. The summed E-state index contributed by atoms with van der Waals surface area (Å²) in [5, 5.41) is 0. The standard InChI is InChI=1S/C21H31I/c1-2-3-16-4-6-17(7-5-16)18-8-10-19(11-9-18)20-12-14-21(22)15-13-20/h12-19H,2-11H2,1H3/t16-,17-,18-,19-. The molecule has 0 N–H and O–H groups in total. The Hall–Kier alpha value is -0.0500. The van der Waals surface area contributed by atoms with Crippen molar-refractivity contribution in [3.05, 3.63) is 33.4 Å². The first-order valence-electron chi connectivity index (χ1n) is 9.51. The van der Waals surface area contributed by atoms with Crippen molar-refractivity contribution in [3.63, 3.8) is 0 Å². The molecule has 0 atom stereocenters. The zero-order valence-corrected chi connectivity index (χ0v) is 16.2. The number of hydrogen-bond donors (Lipinski definition) is 0. The SMILES string of the molecule is CCC[C@H]1CC[C@H]([C@H]2CC[C@H](c3ccc(I)cc3)CC2)CC1. The van der Waals surface area contributed by atoms with E-state index in [9.17, 15) is 0 Å². The van der Waals surface area contributed by atoms with Gasteiger partial charge in [-0.25, -0.2) is 0 Å². The van der Waals surface area contributed by atoms with Crippen molar-refractivity contribution in [1.82, 2.24) is 0 Å². The van der Waals surface area contributed by atoms with Crippen LogP contribution in [0.5, 0.6) is 0 Å². The Morgan fingerprint density at radius 3 is 1.91 bits per heavy atom. The summed E-state index contributed by atoms with van der Waals surface area (Å²) in [5.74, 6) is 4.00. The van der Waals surface area contributed by atoms with Crippen molar-refractivity contribution in [1.29, 1.82) is 0 Å². The first-order valence-corrected chi connectivity index (χ1v) is 10.6. The van der Waals surface area contributed by atoms with Crippen molar-refractivity contribution in [2.75, 3.05) is 0 Å². The Labute approximate surface area is 150 Å². The Bertz CT molecular complexity index is 433. The van der Waals surface area contributed by atoms with Gasteiger partial charge in [-0.3, -0.25) is 0 Å². The van der Waals surface area contributed by atoms with E-state index in [4.69, 9.17) is 0 Å². The van der Waals surface area contributed by atoms with E-state index in [0.29, 0.717) is 0 Å². The average Bonchev–Trinajstić information content (AvgIpc) is 2.57. The summed E-state index contributed by atoms with van der Waals surface area (Å²) in [6.07, 6.45) is 14.8. The van der Waals surface area contributed by atoms with Crippen molar-refractivity contribution >= 4 is 22.6 Å². The van der Waals surface area contributed by atoms with Crippen LogP contribution in [0, 0.1) is 21.3 Å². The molecule has 0 saturated heterocycles. The van der Waals surface area contributed by atoms with Gasteiger partial charge in [-0.1, -0.05) is 44.7 Å². The molecular formula is C21H31I. The molecule has 0 nitrogen and oxygen atoms in total. The van der Waals surface area contributed by atoms with Gasteiger partial charge < -0.3 is 0 Å². The van der Waals surface area contributed by atoms with Gasteiger partial charge in [-0.05, 0) is 102 Å². The van der Waals surface area contributed by atoms with Gasteiger partial charge in [0.05, 0.1) is 0 Å². The maximum Gasteiger partial charge on any atom is 0.0130 e. The molecule has 1 aromatic carbocycles. The Balaban J connectivity index is 1.47. The van der Waals surface area contributed by atoms with E-state index in [1.54, 1.807) is 5.56 Å². The molecule has 0 unspecified atom stereocenters. The van der Waals surface area contributed by atoms with E-state index in [1.807, 2.05) is 0 Å². The van der Waals surface area contributed by atoms with Crippen LogP contribution in [0.3, 0.4) is 0 Å². The van der Waals surface area contributed by atoms with Gasteiger partial charge in [0.1, 0.15) is 0 Å². The molecule has 3 rings (SSSR count). The summed E-state index contributed by atoms with van der Waals surface area (Å²) in [6.45, 7) is 2.35. The van der Waals surface area contributed by atoms with Crippen molar-refractivity contribution in [2.45, 2.75) is 77.0 Å². The molecule has 2 aliphatic rings. The molecule has 122 valence electrons. The molecule has 1 heteroatoms. The molecule has 2 aliphatic carbocycles. The molecule has 0 aliphatic heterocycles. The van der Waals surface area contributed by atoms with Gasteiger partial charge in [0.25, 0.3) is 0 Å². The zero-order valence-electron chi connectivity index (χ0n) is 14.1. The third-order valence-electron chi connectivity index (χ3n) is 6.37. The molecule has 0 radical (unpaired) electrons. The lowest BCUT2D eigenvalue weighted by molar-refractivity contribution is 0.156.